The normalized spacial score (nSPS) is 43.0. The number of hydrogen-bond donors (Lipinski definition) is 1. The van der Waals surface area contributed by atoms with Crippen LogP contribution in [0.15, 0.2) is 23.8 Å². The molecule has 176 valence electrons. The van der Waals surface area contributed by atoms with Crippen molar-refractivity contribution in [3.8, 4) is 0 Å². The molecule has 0 bridgehead atoms. The molecule has 5 heteroatoms. The summed E-state index contributed by atoms with van der Waals surface area (Å²) in [5, 5.41) is 2.90. The zero-order valence-electron chi connectivity index (χ0n) is 20.7. The van der Waals surface area contributed by atoms with Crippen molar-refractivity contribution in [2.24, 2.45) is 34.5 Å². The molecule has 0 aromatic rings. The minimum atomic E-state index is -1.10. The van der Waals surface area contributed by atoms with Crippen LogP contribution in [0, 0.1) is 34.5 Å². The second-order valence-electron chi connectivity index (χ2n) is 12.3. The lowest BCUT2D eigenvalue weighted by Crippen LogP contribution is -2.61. The van der Waals surface area contributed by atoms with Crippen LogP contribution in [0.1, 0.15) is 80.6 Å². The van der Waals surface area contributed by atoms with Gasteiger partial charge in [-0.25, -0.2) is 4.79 Å². The van der Waals surface area contributed by atoms with E-state index in [0.717, 1.165) is 32.1 Å². The minimum Gasteiger partial charge on any atom is -0.434 e. The average Bonchev–Trinajstić information content (AvgIpc) is 2.89. The topological polar surface area (TPSA) is 72.5 Å². The fourth-order valence-electron chi connectivity index (χ4n) is 8.04. The van der Waals surface area contributed by atoms with Gasteiger partial charge in [-0.2, -0.15) is 0 Å². The molecular formula is C27H39NO4. The SMILES string of the molecule is CC(=O)[C@@]1(OC(=O)NC(C)(C)C)C(C)C[C@H]2[C@@H]3CCC4=CC(=O)C=C[C@]4(C)[C@H]3CC[C@@]21C. The summed E-state index contributed by atoms with van der Waals surface area (Å²) in [6.07, 6.45) is 9.86. The Balaban J connectivity index is 1.69. The maximum atomic E-state index is 13.3. The maximum absolute atomic E-state index is 13.3. The summed E-state index contributed by atoms with van der Waals surface area (Å²) >= 11 is 0. The van der Waals surface area contributed by atoms with E-state index in [1.165, 1.54) is 5.57 Å². The van der Waals surface area contributed by atoms with Gasteiger partial charge in [0.15, 0.2) is 17.2 Å². The summed E-state index contributed by atoms with van der Waals surface area (Å²) in [6.45, 7) is 13.9. The molecule has 7 atom stereocenters. The number of alkyl carbamates (subject to hydrolysis) is 1. The van der Waals surface area contributed by atoms with Gasteiger partial charge >= 0.3 is 6.09 Å². The fourth-order valence-corrected chi connectivity index (χ4v) is 8.04. The van der Waals surface area contributed by atoms with Crippen molar-refractivity contribution >= 4 is 17.7 Å². The van der Waals surface area contributed by atoms with Crippen LogP contribution in [-0.4, -0.2) is 28.8 Å². The number of rotatable bonds is 2. The van der Waals surface area contributed by atoms with E-state index < -0.39 is 17.2 Å². The van der Waals surface area contributed by atoms with Crippen molar-refractivity contribution in [3.63, 3.8) is 0 Å². The second kappa shape index (κ2) is 7.30. The number of carbonyl (C=O) groups is 3. The highest BCUT2D eigenvalue weighted by Crippen LogP contribution is 2.69. The summed E-state index contributed by atoms with van der Waals surface area (Å²) in [5.74, 6) is 1.23. The van der Waals surface area contributed by atoms with Crippen LogP contribution >= 0.6 is 0 Å². The van der Waals surface area contributed by atoms with Gasteiger partial charge in [-0.3, -0.25) is 9.59 Å². The van der Waals surface area contributed by atoms with Gasteiger partial charge in [0.1, 0.15) is 0 Å². The third kappa shape index (κ3) is 3.21. The summed E-state index contributed by atoms with van der Waals surface area (Å²) in [4.78, 5) is 38.2. The van der Waals surface area contributed by atoms with Crippen molar-refractivity contribution in [3.05, 3.63) is 23.8 Å². The molecule has 5 nitrogen and oxygen atoms in total. The lowest BCUT2D eigenvalue weighted by molar-refractivity contribution is -0.165. The Labute approximate surface area is 192 Å². The highest BCUT2D eigenvalue weighted by molar-refractivity contribution is 6.01. The van der Waals surface area contributed by atoms with E-state index in [2.05, 4.69) is 32.2 Å². The number of hydrogen-bond acceptors (Lipinski definition) is 4. The fraction of sp³-hybridized carbons (Fsp3) is 0.741. The molecule has 0 radical (unpaired) electrons. The molecular weight excluding hydrogens is 402 g/mol. The highest BCUT2D eigenvalue weighted by atomic mass is 16.6. The number of ketones is 2. The summed E-state index contributed by atoms with van der Waals surface area (Å²) in [5.41, 5.74) is -0.749. The zero-order valence-corrected chi connectivity index (χ0v) is 20.7. The number of amides is 1. The Morgan fingerprint density at radius 1 is 1.16 bits per heavy atom. The van der Waals surface area contributed by atoms with Crippen LogP contribution in [0.2, 0.25) is 0 Å². The summed E-state index contributed by atoms with van der Waals surface area (Å²) in [7, 11) is 0. The number of fused-ring (bicyclic) bond motifs is 5. The molecule has 0 spiro atoms. The van der Waals surface area contributed by atoms with Crippen molar-refractivity contribution in [2.75, 3.05) is 0 Å². The van der Waals surface area contributed by atoms with E-state index in [1.54, 1.807) is 13.0 Å². The number of ether oxygens (including phenoxy) is 1. The molecule has 1 unspecified atom stereocenters. The Hall–Kier alpha value is -1.91. The van der Waals surface area contributed by atoms with Gasteiger partial charge in [0.05, 0.1) is 0 Å². The Morgan fingerprint density at radius 2 is 1.84 bits per heavy atom. The van der Waals surface area contributed by atoms with Crippen molar-refractivity contribution in [1.82, 2.24) is 5.32 Å². The molecule has 0 heterocycles. The lowest BCUT2D eigenvalue weighted by atomic mass is 9.47. The Bertz CT molecular complexity index is 911. The minimum absolute atomic E-state index is 0.0345. The lowest BCUT2D eigenvalue weighted by Gasteiger charge is -2.58. The molecule has 0 aromatic heterocycles. The van der Waals surface area contributed by atoms with Gasteiger partial charge in [-0.15, -0.1) is 0 Å². The van der Waals surface area contributed by atoms with Crippen molar-refractivity contribution in [1.29, 1.82) is 0 Å². The van der Waals surface area contributed by atoms with Gasteiger partial charge < -0.3 is 10.1 Å². The molecule has 3 saturated carbocycles. The third-order valence-corrected chi connectivity index (χ3v) is 9.35. The number of allylic oxidation sites excluding steroid dienone is 4. The predicted octanol–water partition coefficient (Wildman–Crippen LogP) is 5.39. The molecule has 32 heavy (non-hydrogen) atoms. The molecule has 4 rings (SSSR count). The van der Waals surface area contributed by atoms with Crippen LogP contribution in [-0.2, 0) is 14.3 Å². The first-order chi connectivity index (χ1) is 14.7. The van der Waals surface area contributed by atoms with Crippen molar-refractivity contribution < 1.29 is 19.1 Å². The molecule has 4 aliphatic carbocycles. The highest BCUT2D eigenvalue weighted by Gasteiger charge is 2.70. The molecule has 0 saturated heterocycles. The molecule has 1 N–H and O–H groups in total. The Kier molecular flexibility index (Phi) is 5.30. The average molecular weight is 442 g/mol. The molecule has 0 aliphatic heterocycles. The monoisotopic (exact) mass is 441 g/mol. The second-order valence-corrected chi connectivity index (χ2v) is 12.3. The number of Topliss-reactive ketones (excluding diaryl/α,β-unsaturated/α-hetero) is 1. The molecule has 3 fully saturated rings. The van der Waals surface area contributed by atoms with Crippen LogP contribution in [0.4, 0.5) is 4.79 Å². The van der Waals surface area contributed by atoms with E-state index in [9.17, 15) is 14.4 Å². The summed E-state index contributed by atoms with van der Waals surface area (Å²) < 4.78 is 6.18. The van der Waals surface area contributed by atoms with Crippen LogP contribution < -0.4 is 5.32 Å². The predicted molar refractivity (Wildman–Crippen MR) is 124 cm³/mol. The number of carbonyl (C=O) groups excluding carboxylic acids is 3. The first kappa shape index (κ1) is 23.3. The van der Waals surface area contributed by atoms with Gasteiger partial charge in [-0.05, 0) is 89.7 Å². The first-order valence-electron chi connectivity index (χ1n) is 12.2. The Morgan fingerprint density at radius 3 is 2.47 bits per heavy atom. The number of nitrogens with one attached hydrogen (secondary N) is 1. The largest absolute Gasteiger partial charge is 0.434 e. The van der Waals surface area contributed by atoms with E-state index in [-0.39, 0.29) is 28.3 Å². The quantitative estimate of drug-likeness (QED) is 0.623. The maximum Gasteiger partial charge on any atom is 0.408 e. The van der Waals surface area contributed by atoms with Crippen LogP contribution in [0.25, 0.3) is 0 Å². The van der Waals surface area contributed by atoms with E-state index in [0.29, 0.717) is 17.8 Å². The standard InChI is InChI=1S/C27H39NO4/c1-16-14-22-20-9-8-18-15-19(30)10-12-25(18,6)21(20)11-13-26(22,7)27(16,17(2)29)32-23(31)28-24(3,4)5/h10,12,15-16,20-22H,8-9,11,13-14H2,1-7H3,(H,28,31)/t16?,20-,21+,22+,25+,26+,27+/m1/s1. The van der Waals surface area contributed by atoms with E-state index >= 15 is 0 Å². The van der Waals surface area contributed by atoms with E-state index in [1.807, 2.05) is 26.8 Å². The molecule has 0 aromatic carbocycles. The smallest absolute Gasteiger partial charge is 0.408 e. The summed E-state index contributed by atoms with van der Waals surface area (Å²) in [6, 6.07) is 0. The van der Waals surface area contributed by atoms with Crippen LogP contribution in [0.3, 0.4) is 0 Å². The van der Waals surface area contributed by atoms with Gasteiger partial charge in [0.25, 0.3) is 0 Å². The van der Waals surface area contributed by atoms with Crippen LogP contribution in [0.5, 0.6) is 0 Å². The van der Waals surface area contributed by atoms with E-state index in [4.69, 9.17) is 4.74 Å². The molecule has 1 amide bonds. The van der Waals surface area contributed by atoms with Gasteiger partial charge in [0.2, 0.25) is 0 Å². The van der Waals surface area contributed by atoms with Gasteiger partial charge in [0, 0.05) is 22.3 Å². The van der Waals surface area contributed by atoms with Crippen molar-refractivity contribution in [2.45, 2.75) is 91.7 Å². The van der Waals surface area contributed by atoms with Gasteiger partial charge in [-0.1, -0.05) is 32.4 Å². The first-order valence-corrected chi connectivity index (χ1v) is 12.2. The molecule has 4 aliphatic rings. The zero-order chi connectivity index (χ0) is 23.7. The third-order valence-electron chi connectivity index (χ3n) is 9.35.